The molecule has 0 saturated heterocycles. The Labute approximate surface area is 79.4 Å². The van der Waals surface area contributed by atoms with Crippen molar-refractivity contribution in [1.82, 2.24) is 0 Å². The smallest absolute Gasteiger partial charge is 0.225 e. The van der Waals surface area contributed by atoms with Gasteiger partial charge >= 0.3 is 0 Å². The monoisotopic (exact) mass is 181 g/mol. The first-order chi connectivity index (χ1) is 5.99. The molecular formula is C10H17N2O+. The van der Waals surface area contributed by atoms with E-state index in [-0.39, 0.29) is 0 Å². The molecule has 0 N–H and O–H groups in total. The molecule has 0 bridgehead atoms. The summed E-state index contributed by atoms with van der Waals surface area (Å²) in [5, 5.41) is 0. The number of allylic oxidation sites excluding steroid dienone is 4. The molecule has 0 heterocycles. The van der Waals surface area contributed by atoms with Gasteiger partial charge in [-0.25, -0.2) is 0 Å². The molecule has 0 atom stereocenters. The lowest BCUT2D eigenvalue weighted by Crippen LogP contribution is -1.96. The number of nitrogens with zero attached hydrogens (tertiary/aromatic N) is 2. The number of hydrogen-bond acceptors (Lipinski definition) is 2. The summed E-state index contributed by atoms with van der Waals surface area (Å²) in [6.45, 7) is 9.13. The zero-order valence-corrected chi connectivity index (χ0v) is 8.79. The van der Waals surface area contributed by atoms with Crippen molar-refractivity contribution in [3.8, 4) is 0 Å². The Balaban J connectivity index is 4.41. The Kier molecular flexibility index (Phi) is 4.89. The molecule has 3 heteroatoms. The lowest BCUT2D eigenvalue weighted by atomic mass is 10.1. The maximum absolute atomic E-state index is 10.8. The van der Waals surface area contributed by atoms with Gasteiger partial charge in [-0.2, -0.15) is 0 Å². The number of rotatable bonds is 4. The van der Waals surface area contributed by atoms with E-state index in [0.29, 0.717) is 0 Å². The van der Waals surface area contributed by atoms with Crippen LogP contribution in [0.2, 0.25) is 0 Å². The Bertz CT molecular complexity index is 275. The van der Waals surface area contributed by atoms with Crippen LogP contribution < -0.4 is 0 Å². The van der Waals surface area contributed by atoms with E-state index in [1.807, 2.05) is 19.9 Å². The summed E-state index contributed by atoms with van der Waals surface area (Å²) in [7, 11) is 1.49. The standard InChI is InChI=1S/C10H17N2O/c1-8(10(3)11-4)6-7-9(2)12(5)13/h7H,4,6H2,1-3,5H3/q+1. The van der Waals surface area contributed by atoms with Gasteiger partial charge < -0.3 is 0 Å². The van der Waals surface area contributed by atoms with E-state index in [9.17, 15) is 4.91 Å². The van der Waals surface area contributed by atoms with Gasteiger partial charge in [0.2, 0.25) is 5.70 Å². The highest BCUT2D eigenvalue weighted by atomic mass is 16.3. The van der Waals surface area contributed by atoms with Crippen LogP contribution in [-0.2, 0) is 0 Å². The zero-order chi connectivity index (χ0) is 10.4. The molecule has 0 fully saturated rings. The molecule has 0 aromatic heterocycles. The number of nitroso groups, excluding NO2 is 1. The van der Waals surface area contributed by atoms with E-state index in [4.69, 9.17) is 0 Å². The van der Waals surface area contributed by atoms with Crippen LogP contribution in [0.1, 0.15) is 27.2 Å². The van der Waals surface area contributed by atoms with Crippen LogP contribution >= 0.6 is 0 Å². The van der Waals surface area contributed by atoms with Crippen molar-refractivity contribution < 1.29 is 4.76 Å². The average molecular weight is 181 g/mol. The lowest BCUT2D eigenvalue weighted by molar-refractivity contribution is -0.466. The second kappa shape index (κ2) is 5.41. The van der Waals surface area contributed by atoms with Gasteiger partial charge in [-0.1, -0.05) is 0 Å². The average Bonchev–Trinajstić information content (AvgIpc) is 2.11. The van der Waals surface area contributed by atoms with Crippen LogP contribution in [0.5, 0.6) is 0 Å². The van der Waals surface area contributed by atoms with Gasteiger partial charge in [0.1, 0.15) is 0 Å². The Morgan fingerprint density at radius 3 is 2.38 bits per heavy atom. The lowest BCUT2D eigenvalue weighted by Gasteiger charge is -1.97. The van der Waals surface area contributed by atoms with Crippen molar-refractivity contribution in [3.05, 3.63) is 28.0 Å². The fourth-order valence-electron chi connectivity index (χ4n) is 0.712. The third-order valence-electron chi connectivity index (χ3n) is 2.06. The topological polar surface area (TPSA) is 32.4 Å². The summed E-state index contributed by atoms with van der Waals surface area (Å²) in [6, 6.07) is 0. The van der Waals surface area contributed by atoms with E-state index in [1.54, 1.807) is 6.92 Å². The molecular weight excluding hydrogens is 164 g/mol. The molecule has 0 aliphatic rings. The molecule has 0 aromatic carbocycles. The fourth-order valence-corrected chi connectivity index (χ4v) is 0.712. The molecule has 0 amide bonds. The van der Waals surface area contributed by atoms with E-state index >= 15 is 0 Å². The minimum absolute atomic E-state index is 0.719. The first-order valence-corrected chi connectivity index (χ1v) is 4.19. The van der Waals surface area contributed by atoms with E-state index in [1.165, 1.54) is 7.05 Å². The normalized spacial score (nSPS) is 13.7. The maximum Gasteiger partial charge on any atom is 0.225 e. The van der Waals surface area contributed by atoms with Gasteiger partial charge in [0.05, 0.1) is 0 Å². The summed E-state index contributed by atoms with van der Waals surface area (Å²) >= 11 is 0. The summed E-state index contributed by atoms with van der Waals surface area (Å²) in [5.74, 6) is 0. The molecule has 0 aliphatic carbocycles. The van der Waals surface area contributed by atoms with Crippen molar-refractivity contribution in [3.63, 3.8) is 0 Å². The van der Waals surface area contributed by atoms with Gasteiger partial charge in [0.25, 0.3) is 0 Å². The molecule has 0 radical (unpaired) electrons. The van der Waals surface area contributed by atoms with Crippen LogP contribution in [0, 0.1) is 4.91 Å². The first kappa shape index (κ1) is 11.8. The molecule has 0 unspecified atom stereocenters. The Hall–Kier alpha value is -1.25. The van der Waals surface area contributed by atoms with Crippen molar-refractivity contribution in [2.75, 3.05) is 7.05 Å². The Morgan fingerprint density at radius 2 is 2.00 bits per heavy atom. The highest BCUT2D eigenvalue weighted by molar-refractivity contribution is 5.30. The van der Waals surface area contributed by atoms with Crippen LogP contribution in [0.3, 0.4) is 0 Å². The maximum atomic E-state index is 10.8. The van der Waals surface area contributed by atoms with Crippen molar-refractivity contribution >= 4 is 6.72 Å². The van der Waals surface area contributed by atoms with Crippen LogP contribution in [0.15, 0.2) is 28.0 Å². The molecule has 0 spiro atoms. The van der Waals surface area contributed by atoms with Crippen LogP contribution in [0.4, 0.5) is 0 Å². The molecule has 0 aromatic rings. The zero-order valence-electron chi connectivity index (χ0n) is 8.79. The minimum Gasteiger partial charge on any atom is -0.269 e. The van der Waals surface area contributed by atoms with Crippen LogP contribution in [0.25, 0.3) is 0 Å². The summed E-state index contributed by atoms with van der Waals surface area (Å²) in [6.07, 6.45) is 2.64. The van der Waals surface area contributed by atoms with Gasteiger partial charge in [-0.15, -0.1) is 0 Å². The second-order valence-corrected chi connectivity index (χ2v) is 3.07. The summed E-state index contributed by atoms with van der Waals surface area (Å²) in [4.78, 5) is 14.6. The SMILES string of the molecule is C=NC(C)=C(C)CC=C(C)[N+](C)=O. The minimum atomic E-state index is 0.719. The third kappa shape index (κ3) is 4.35. The van der Waals surface area contributed by atoms with Crippen molar-refractivity contribution in [1.29, 1.82) is 0 Å². The first-order valence-electron chi connectivity index (χ1n) is 4.19. The van der Waals surface area contributed by atoms with Gasteiger partial charge in [-0.05, 0) is 38.6 Å². The van der Waals surface area contributed by atoms with E-state index in [2.05, 4.69) is 11.7 Å². The van der Waals surface area contributed by atoms with Crippen LogP contribution in [-0.4, -0.2) is 18.5 Å². The van der Waals surface area contributed by atoms with E-state index in [0.717, 1.165) is 28.1 Å². The molecule has 0 rings (SSSR count). The van der Waals surface area contributed by atoms with Gasteiger partial charge in [0.15, 0.2) is 7.05 Å². The third-order valence-corrected chi connectivity index (χ3v) is 2.06. The summed E-state index contributed by atoms with van der Waals surface area (Å²) < 4.78 is 0.851. The molecule has 72 valence electrons. The predicted octanol–water partition coefficient (Wildman–Crippen LogP) is 2.68. The molecule has 0 saturated carbocycles. The predicted molar refractivity (Wildman–Crippen MR) is 55.8 cm³/mol. The molecule has 0 aliphatic heterocycles. The van der Waals surface area contributed by atoms with Crippen molar-refractivity contribution in [2.24, 2.45) is 4.99 Å². The van der Waals surface area contributed by atoms with Gasteiger partial charge in [0, 0.05) is 22.3 Å². The fraction of sp³-hybridized carbons (Fsp3) is 0.500. The highest BCUT2D eigenvalue weighted by Gasteiger charge is 2.02. The quantitative estimate of drug-likeness (QED) is 0.484. The highest BCUT2D eigenvalue weighted by Crippen LogP contribution is 2.10. The van der Waals surface area contributed by atoms with Crippen molar-refractivity contribution in [2.45, 2.75) is 27.2 Å². The largest absolute Gasteiger partial charge is 0.269 e. The van der Waals surface area contributed by atoms with E-state index < -0.39 is 0 Å². The molecule has 3 nitrogen and oxygen atoms in total. The summed E-state index contributed by atoms with van der Waals surface area (Å²) in [5.41, 5.74) is 2.78. The Morgan fingerprint density at radius 1 is 1.46 bits per heavy atom. The molecule has 13 heavy (non-hydrogen) atoms. The van der Waals surface area contributed by atoms with Gasteiger partial charge in [-0.3, -0.25) is 4.99 Å². The number of hydrogen-bond donors (Lipinski definition) is 0. The second-order valence-electron chi connectivity index (χ2n) is 3.07. The number of aliphatic imine (C=N–C) groups is 1.